The van der Waals surface area contributed by atoms with Crippen molar-refractivity contribution < 1.29 is 4.79 Å². The van der Waals surface area contributed by atoms with Gasteiger partial charge in [-0.2, -0.15) is 0 Å². The van der Waals surface area contributed by atoms with Crippen LogP contribution >= 0.6 is 0 Å². The zero-order chi connectivity index (χ0) is 14.8. The number of aryl methyl sites for hydroxylation is 2. The highest BCUT2D eigenvalue weighted by atomic mass is 16.1. The molecule has 0 unspecified atom stereocenters. The molecule has 0 fully saturated rings. The van der Waals surface area contributed by atoms with Crippen LogP contribution in [-0.2, 0) is 6.42 Å². The molecule has 0 saturated carbocycles. The molecule has 0 N–H and O–H groups in total. The molecule has 0 aliphatic carbocycles. The molecule has 0 amide bonds. The number of carbonyl (C=O) groups is 1. The number of fused-ring (bicyclic) bond motifs is 1. The topological polar surface area (TPSA) is 42.9 Å². The highest BCUT2D eigenvalue weighted by Crippen LogP contribution is 2.19. The molecule has 1 heterocycles. The van der Waals surface area contributed by atoms with Gasteiger partial charge in [-0.15, -0.1) is 0 Å². The lowest BCUT2D eigenvalue weighted by molar-refractivity contribution is 0.0994. The normalized spacial score (nSPS) is 10.8. The molecule has 2 aromatic carbocycles. The lowest BCUT2D eigenvalue weighted by atomic mass is 9.95. The molecule has 3 heteroatoms. The van der Waals surface area contributed by atoms with Gasteiger partial charge in [0.1, 0.15) is 0 Å². The van der Waals surface area contributed by atoms with Crippen molar-refractivity contribution in [2.24, 2.45) is 0 Å². The molecule has 3 nitrogen and oxygen atoms in total. The molecule has 0 aliphatic rings. The Morgan fingerprint density at radius 3 is 2.38 bits per heavy atom. The van der Waals surface area contributed by atoms with Crippen LogP contribution in [0.25, 0.3) is 11.0 Å². The van der Waals surface area contributed by atoms with E-state index in [0.717, 1.165) is 22.2 Å². The van der Waals surface area contributed by atoms with Crippen molar-refractivity contribution >= 4 is 16.8 Å². The zero-order valence-corrected chi connectivity index (χ0v) is 12.1. The van der Waals surface area contributed by atoms with Crippen LogP contribution in [0.3, 0.4) is 0 Å². The zero-order valence-electron chi connectivity index (χ0n) is 12.1. The summed E-state index contributed by atoms with van der Waals surface area (Å²) in [5.41, 5.74) is 5.47. The smallest absolute Gasteiger partial charge is 0.169 e. The van der Waals surface area contributed by atoms with Crippen LogP contribution in [-0.4, -0.2) is 15.8 Å². The summed E-state index contributed by atoms with van der Waals surface area (Å²) in [5.74, 6) is 0.0819. The van der Waals surface area contributed by atoms with Crippen molar-refractivity contribution in [2.75, 3.05) is 0 Å². The Bertz CT molecular complexity index is 799. The van der Waals surface area contributed by atoms with Crippen molar-refractivity contribution in [3.8, 4) is 0 Å². The number of carbonyl (C=O) groups excluding carboxylic acids is 1. The molecule has 0 bridgehead atoms. The minimum absolute atomic E-state index is 0.0819. The summed E-state index contributed by atoms with van der Waals surface area (Å²) in [5, 5.41) is 0. The third-order valence-electron chi connectivity index (χ3n) is 3.78. The van der Waals surface area contributed by atoms with E-state index in [0.29, 0.717) is 17.5 Å². The third kappa shape index (κ3) is 2.55. The molecule has 21 heavy (non-hydrogen) atoms. The average Bonchev–Trinajstić information content (AvgIpc) is 2.50. The first-order valence-corrected chi connectivity index (χ1v) is 6.95. The van der Waals surface area contributed by atoms with Gasteiger partial charge in [-0.25, -0.2) is 0 Å². The van der Waals surface area contributed by atoms with Crippen LogP contribution in [0, 0.1) is 13.8 Å². The Balaban J connectivity index is 2.02. The van der Waals surface area contributed by atoms with E-state index < -0.39 is 0 Å². The standard InChI is InChI=1S/C18H16N2O/c1-12-5-3-6-13(2)15(12)11-17(21)14-7-4-8-16-18(14)20-10-9-19-16/h3-10H,11H2,1-2H3. The van der Waals surface area contributed by atoms with Gasteiger partial charge in [-0.3, -0.25) is 14.8 Å². The Morgan fingerprint density at radius 1 is 0.952 bits per heavy atom. The quantitative estimate of drug-likeness (QED) is 0.685. The maximum Gasteiger partial charge on any atom is 0.169 e. The van der Waals surface area contributed by atoms with Crippen molar-refractivity contribution in [3.63, 3.8) is 0 Å². The van der Waals surface area contributed by atoms with E-state index in [1.54, 1.807) is 12.4 Å². The van der Waals surface area contributed by atoms with Crippen molar-refractivity contribution in [1.82, 2.24) is 9.97 Å². The Kier molecular flexibility index (Phi) is 3.48. The van der Waals surface area contributed by atoms with Gasteiger partial charge in [0.25, 0.3) is 0 Å². The molecule has 104 valence electrons. The van der Waals surface area contributed by atoms with Gasteiger partial charge < -0.3 is 0 Å². The van der Waals surface area contributed by atoms with Crippen LogP contribution in [0.2, 0.25) is 0 Å². The highest BCUT2D eigenvalue weighted by Gasteiger charge is 2.14. The molecule has 0 saturated heterocycles. The van der Waals surface area contributed by atoms with Crippen LogP contribution in [0.15, 0.2) is 48.8 Å². The monoisotopic (exact) mass is 276 g/mol. The van der Waals surface area contributed by atoms with Gasteiger partial charge >= 0.3 is 0 Å². The predicted octanol–water partition coefficient (Wildman–Crippen LogP) is 3.67. The minimum atomic E-state index is 0.0819. The Hall–Kier alpha value is -2.55. The molecule has 0 atom stereocenters. The van der Waals surface area contributed by atoms with Gasteiger partial charge in [0.15, 0.2) is 5.78 Å². The summed E-state index contributed by atoms with van der Waals surface area (Å²) in [6, 6.07) is 11.7. The lowest BCUT2D eigenvalue weighted by Gasteiger charge is -2.09. The fourth-order valence-corrected chi connectivity index (χ4v) is 2.60. The molecule has 0 radical (unpaired) electrons. The number of hydrogen-bond acceptors (Lipinski definition) is 3. The van der Waals surface area contributed by atoms with E-state index in [1.165, 1.54) is 0 Å². The summed E-state index contributed by atoms with van der Waals surface area (Å²) in [6.45, 7) is 4.08. The van der Waals surface area contributed by atoms with Gasteiger partial charge in [-0.05, 0) is 42.7 Å². The number of rotatable bonds is 3. The van der Waals surface area contributed by atoms with E-state index in [-0.39, 0.29) is 5.78 Å². The number of nitrogens with zero attached hydrogens (tertiary/aromatic N) is 2. The third-order valence-corrected chi connectivity index (χ3v) is 3.78. The fraction of sp³-hybridized carbons (Fsp3) is 0.167. The first-order chi connectivity index (χ1) is 10.2. The van der Waals surface area contributed by atoms with Crippen LogP contribution in [0.1, 0.15) is 27.0 Å². The summed E-state index contributed by atoms with van der Waals surface area (Å²) < 4.78 is 0. The van der Waals surface area contributed by atoms with E-state index in [2.05, 4.69) is 9.97 Å². The Labute approximate surface area is 123 Å². The fourth-order valence-electron chi connectivity index (χ4n) is 2.60. The van der Waals surface area contributed by atoms with E-state index in [1.807, 2.05) is 50.2 Å². The van der Waals surface area contributed by atoms with E-state index >= 15 is 0 Å². The predicted molar refractivity (Wildman–Crippen MR) is 83.5 cm³/mol. The molecular weight excluding hydrogens is 260 g/mol. The van der Waals surface area contributed by atoms with Gasteiger partial charge in [0.05, 0.1) is 11.0 Å². The number of hydrogen-bond donors (Lipinski definition) is 0. The highest BCUT2D eigenvalue weighted by molar-refractivity contribution is 6.06. The summed E-state index contributed by atoms with van der Waals surface area (Å²) >= 11 is 0. The largest absolute Gasteiger partial charge is 0.294 e. The molecular formula is C18H16N2O. The maximum absolute atomic E-state index is 12.7. The molecule has 3 aromatic rings. The lowest BCUT2D eigenvalue weighted by Crippen LogP contribution is -2.08. The number of Topliss-reactive ketones (excluding diaryl/α,β-unsaturated/α-hetero) is 1. The van der Waals surface area contributed by atoms with Gasteiger partial charge in [-0.1, -0.05) is 24.3 Å². The maximum atomic E-state index is 12.7. The number of benzene rings is 2. The van der Waals surface area contributed by atoms with E-state index in [4.69, 9.17) is 0 Å². The SMILES string of the molecule is Cc1cccc(C)c1CC(=O)c1cccc2nccnc12. The molecule has 1 aromatic heterocycles. The number of para-hydroxylation sites is 1. The summed E-state index contributed by atoms with van der Waals surface area (Å²) in [4.78, 5) is 21.2. The summed E-state index contributed by atoms with van der Waals surface area (Å²) in [6.07, 6.45) is 3.66. The van der Waals surface area contributed by atoms with Crippen molar-refractivity contribution in [2.45, 2.75) is 20.3 Å². The number of aromatic nitrogens is 2. The van der Waals surface area contributed by atoms with Gasteiger partial charge in [0, 0.05) is 24.4 Å². The summed E-state index contributed by atoms with van der Waals surface area (Å²) in [7, 11) is 0. The van der Waals surface area contributed by atoms with Crippen molar-refractivity contribution in [1.29, 1.82) is 0 Å². The van der Waals surface area contributed by atoms with Crippen molar-refractivity contribution in [3.05, 3.63) is 71.0 Å². The second-order valence-electron chi connectivity index (χ2n) is 5.20. The second kappa shape index (κ2) is 5.44. The van der Waals surface area contributed by atoms with Gasteiger partial charge in [0.2, 0.25) is 0 Å². The average molecular weight is 276 g/mol. The van der Waals surface area contributed by atoms with Crippen LogP contribution in [0.4, 0.5) is 0 Å². The van der Waals surface area contributed by atoms with Crippen LogP contribution < -0.4 is 0 Å². The molecule has 0 aliphatic heterocycles. The molecule has 0 spiro atoms. The minimum Gasteiger partial charge on any atom is -0.294 e. The van der Waals surface area contributed by atoms with Crippen LogP contribution in [0.5, 0.6) is 0 Å². The number of ketones is 1. The Morgan fingerprint density at radius 2 is 1.62 bits per heavy atom. The molecule has 3 rings (SSSR count). The first kappa shape index (κ1) is 13.4. The first-order valence-electron chi connectivity index (χ1n) is 6.95. The van der Waals surface area contributed by atoms with E-state index in [9.17, 15) is 4.79 Å². The second-order valence-corrected chi connectivity index (χ2v) is 5.20.